The van der Waals surface area contributed by atoms with Crippen LogP contribution in [0.15, 0.2) is 61.1 Å². The first-order chi connectivity index (χ1) is 12.2. The molecule has 0 unspecified atom stereocenters. The lowest BCUT2D eigenvalue weighted by atomic mass is 10.1. The van der Waals surface area contributed by atoms with Gasteiger partial charge in [0.2, 0.25) is 5.91 Å². The first-order valence-electron chi connectivity index (χ1n) is 7.86. The molecular weight excluding hydrogens is 316 g/mol. The van der Waals surface area contributed by atoms with Crippen molar-refractivity contribution in [2.45, 2.75) is 6.54 Å². The quantitative estimate of drug-likeness (QED) is 0.623. The summed E-state index contributed by atoms with van der Waals surface area (Å²) in [6, 6.07) is 13.6. The second kappa shape index (κ2) is 6.20. The Hall–Kier alpha value is -3.48. The molecule has 4 rings (SSSR count). The molecule has 124 valence electrons. The van der Waals surface area contributed by atoms with Crippen LogP contribution in [0.25, 0.3) is 22.2 Å². The Morgan fingerprint density at radius 2 is 1.92 bits per heavy atom. The number of fused-ring (bicyclic) bond motifs is 1. The van der Waals surface area contributed by atoms with E-state index in [0.717, 1.165) is 16.5 Å². The molecule has 1 N–H and O–H groups in total. The lowest BCUT2D eigenvalue weighted by Gasteiger charge is -2.09. The molecule has 0 radical (unpaired) electrons. The number of amides is 1. The average Bonchev–Trinajstić information content (AvgIpc) is 3.20. The predicted octanol–water partition coefficient (Wildman–Crippen LogP) is 2.47. The fraction of sp³-hybridized carbons (Fsp3) is 0.111. The summed E-state index contributed by atoms with van der Waals surface area (Å²) in [5.74, 6) is 0.469. The minimum atomic E-state index is -0.184. The molecule has 0 bridgehead atoms. The summed E-state index contributed by atoms with van der Waals surface area (Å²) in [5.41, 5.74) is 2.56. The predicted molar refractivity (Wildman–Crippen MR) is 94.8 cm³/mol. The minimum Gasteiger partial charge on any atom is -0.309 e. The monoisotopic (exact) mass is 332 g/mol. The zero-order valence-electron chi connectivity index (χ0n) is 13.6. The van der Waals surface area contributed by atoms with Crippen LogP contribution in [-0.4, -0.2) is 30.5 Å². The molecule has 0 atom stereocenters. The molecule has 1 aromatic carbocycles. The van der Waals surface area contributed by atoms with Crippen LogP contribution in [0.1, 0.15) is 0 Å². The number of nitrogens with one attached hydrogen (secondary N) is 1. The molecule has 0 aliphatic carbocycles. The minimum absolute atomic E-state index is 0.0833. The van der Waals surface area contributed by atoms with E-state index < -0.39 is 0 Å². The van der Waals surface area contributed by atoms with Crippen molar-refractivity contribution in [1.82, 2.24) is 24.5 Å². The van der Waals surface area contributed by atoms with Gasteiger partial charge in [-0.05, 0) is 17.7 Å². The Morgan fingerprint density at radius 3 is 2.76 bits per heavy atom. The largest absolute Gasteiger partial charge is 0.309 e. The van der Waals surface area contributed by atoms with Crippen LogP contribution in [0.5, 0.6) is 0 Å². The second-order valence-electron chi connectivity index (χ2n) is 5.66. The summed E-state index contributed by atoms with van der Waals surface area (Å²) in [6.45, 7) is 0.0833. The summed E-state index contributed by atoms with van der Waals surface area (Å²) in [7, 11) is 1.80. The number of rotatable bonds is 4. The zero-order valence-corrected chi connectivity index (χ0v) is 13.6. The smallest absolute Gasteiger partial charge is 0.247 e. The number of carbonyl (C=O) groups is 1. The van der Waals surface area contributed by atoms with Gasteiger partial charge in [0.25, 0.3) is 0 Å². The maximum Gasteiger partial charge on any atom is 0.247 e. The summed E-state index contributed by atoms with van der Waals surface area (Å²) < 4.78 is 3.24. The third kappa shape index (κ3) is 2.87. The molecule has 0 saturated heterocycles. The van der Waals surface area contributed by atoms with E-state index >= 15 is 0 Å². The number of hydrogen-bond donors (Lipinski definition) is 1. The van der Waals surface area contributed by atoms with Crippen LogP contribution < -0.4 is 5.32 Å². The van der Waals surface area contributed by atoms with E-state index in [2.05, 4.69) is 20.5 Å². The van der Waals surface area contributed by atoms with Gasteiger partial charge >= 0.3 is 0 Å². The van der Waals surface area contributed by atoms with Crippen molar-refractivity contribution in [2.24, 2.45) is 7.05 Å². The van der Waals surface area contributed by atoms with Gasteiger partial charge in [-0.1, -0.05) is 30.3 Å². The maximum absolute atomic E-state index is 12.5. The van der Waals surface area contributed by atoms with Crippen molar-refractivity contribution in [3.05, 3.63) is 61.1 Å². The van der Waals surface area contributed by atoms with Gasteiger partial charge in [-0.15, -0.1) is 0 Å². The summed E-state index contributed by atoms with van der Waals surface area (Å²) in [6.07, 6.45) is 5.14. The third-order valence-corrected chi connectivity index (χ3v) is 3.97. The van der Waals surface area contributed by atoms with E-state index in [1.807, 2.05) is 42.5 Å². The average molecular weight is 332 g/mol. The van der Waals surface area contributed by atoms with E-state index in [0.29, 0.717) is 11.5 Å². The van der Waals surface area contributed by atoms with Crippen LogP contribution in [0.2, 0.25) is 0 Å². The summed E-state index contributed by atoms with van der Waals surface area (Å²) >= 11 is 0. The second-order valence-corrected chi connectivity index (χ2v) is 5.66. The van der Waals surface area contributed by atoms with Crippen LogP contribution in [0.3, 0.4) is 0 Å². The van der Waals surface area contributed by atoms with E-state index in [-0.39, 0.29) is 12.5 Å². The van der Waals surface area contributed by atoms with Gasteiger partial charge in [0.15, 0.2) is 5.65 Å². The Morgan fingerprint density at radius 1 is 1.08 bits per heavy atom. The van der Waals surface area contributed by atoms with Gasteiger partial charge in [-0.2, -0.15) is 10.2 Å². The van der Waals surface area contributed by atoms with E-state index in [4.69, 9.17) is 0 Å². The molecular formula is C18H16N6O. The zero-order chi connectivity index (χ0) is 17.2. The molecule has 0 saturated carbocycles. The molecule has 1 amide bonds. The molecule has 0 aliphatic rings. The Kier molecular flexibility index (Phi) is 3.74. The number of anilines is 1. The van der Waals surface area contributed by atoms with Crippen LogP contribution in [-0.2, 0) is 18.4 Å². The van der Waals surface area contributed by atoms with Gasteiger partial charge in [-0.3, -0.25) is 9.48 Å². The number of benzene rings is 1. The maximum atomic E-state index is 12.5. The summed E-state index contributed by atoms with van der Waals surface area (Å²) in [5, 5.41) is 12.3. The molecule has 4 aromatic rings. The fourth-order valence-corrected chi connectivity index (χ4v) is 2.75. The Labute approximate surface area is 143 Å². The van der Waals surface area contributed by atoms with Gasteiger partial charge in [0.1, 0.15) is 12.4 Å². The van der Waals surface area contributed by atoms with Crippen molar-refractivity contribution in [2.75, 3.05) is 5.32 Å². The molecule has 0 fully saturated rings. The van der Waals surface area contributed by atoms with Gasteiger partial charge in [0, 0.05) is 24.2 Å². The standard InChI is InChI=1S/C18H16N6O/c1-23-18(15(11-20-23)13-6-3-2-4-7-13)22-16(25)12-24-17-14(10-21-24)8-5-9-19-17/h2-11H,12H2,1H3,(H,22,25). The van der Waals surface area contributed by atoms with Crippen molar-refractivity contribution in [3.8, 4) is 11.1 Å². The van der Waals surface area contributed by atoms with E-state index in [1.54, 1.807) is 35.0 Å². The molecule has 0 aliphatic heterocycles. The van der Waals surface area contributed by atoms with Gasteiger partial charge in [-0.25, -0.2) is 9.67 Å². The normalized spacial score (nSPS) is 10.9. The van der Waals surface area contributed by atoms with Gasteiger partial charge in [0.05, 0.1) is 12.4 Å². The third-order valence-electron chi connectivity index (χ3n) is 3.97. The highest BCUT2D eigenvalue weighted by Crippen LogP contribution is 2.27. The first kappa shape index (κ1) is 15.1. The molecule has 3 aromatic heterocycles. The Balaban J connectivity index is 1.58. The number of hydrogen-bond acceptors (Lipinski definition) is 4. The summed E-state index contributed by atoms with van der Waals surface area (Å²) in [4.78, 5) is 16.8. The van der Waals surface area contributed by atoms with Crippen LogP contribution in [0, 0.1) is 0 Å². The molecule has 7 nitrogen and oxygen atoms in total. The molecule has 7 heteroatoms. The first-order valence-corrected chi connectivity index (χ1v) is 7.86. The number of aromatic nitrogens is 5. The highest BCUT2D eigenvalue weighted by atomic mass is 16.2. The number of carbonyl (C=O) groups excluding carboxylic acids is 1. The lowest BCUT2D eigenvalue weighted by molar-refractivity contribution is -0.116. The van der Waals surface area contributed by atoms with Crippen molar-refractivity contribution < 1.29 is 4.79 Å². The molecule has 0 spiro atoms. The van der Waals surface area contributed by atoms with Crippen molar-refractivity contribution >= 4 is 22.8 Å². The molecule has 25 heavy (non-hydrogen) atoms. The Bertz CT molecular complexity index is 1030. The van der Waals surface area contributed by atoms with Crippen molar-refractivity contribution in [1.29, 1.82) is 0 Å². The highest BCUT2D eigenvalue weighted by Gasteiger charge is 2.15. The van der Waals surface area contributed by atoms with Crippen LogP contribution in [0.4, 0.5) is 5.82 Å². The van der Waals surface area contributed by atoms with E-state index in [9.17, 15) is 4.79 Å². The highest BCUT2D eigenvalue weighted by molar-refractivity contribution is 5.94. The number of aryl methyl sites for hydroxylation is 1. The lowest BCUT2D eigenvalue weighted by Crippen LogP contribution is -2.21. The van der Waals surface area contributed by atoms with Crippen LogP contribution >= 0.6 is 0 Å². The van der Waals surface area contributed by atoms with E-state index in [1.165, 1.54) is 0 Å². The molecule has 3 heterocycles. The fourth-order valence-electron chi connectivity index (χ4n) is 2.75. The number of nitrogens with zero attached hydrogens (tertiary/aromatic N) is 5. The van der Waals surface area contributed by atoms with Gasteiger partial charge < -0.3 is 5.32 Å². The van der Waals surface area contributed by atoms with Crippen molar-refractivity contribution in [3.63, 3.8) is 0 Å². The topological polar surface area (TPSA) is 77.6 Å². The number of pyridine rings is 1. The SMILES string of the molecule is Cn1ncc(-c2ccccc2)c1NC(=O)Cn1ncc2cccnc21.